The molecule has 1 aromatic carbocycles. The van der Waals surface area contributed by atoms with E-state index in [4.69, 9.17) is 11.0 Å². The van der Waals surface area contributed by atoms with Crippen molar-refractivity contribution in [2.75, 3.05) is 5.73 Å². The molecule has 0 aliphatic heterocycles. The molecule has 0 radical (unpaired) electrons. The standard InChI is InChI=1S/C13H11N3S/c14-8-11-6-7-16-13(12(11)15)17-9-10-4-2-1-3-5-10/h1-7H,9,15H2. The molecule has 84 valence electrons. The van der Waals surface area contributed by atoms with Crippen LogP contribution in [0.4, 0.5) is 5.69 Å². The summed E-state index contributed by atoms with van der Waals surface area (Å²) in [4.78, 5) is 4.19. The number of hydrogen-bond donors (Lipinski definition) is 1. The van der Waals surface area contributed by atoms with Gasteiger partial charge in [0.1, 0.15) is 11.1 Å². The number of nitrogens with two attached hydrogens (primary N) is 1. The van der Waals surface area contributed by atoms with Crippen molar-refractivity contribution in [3.05, 3.63) is 53.7 Å². The van der Waals surface area contributed by atoms with Crippen molar-refractivity contribution in [3.8, 4) is 6.07 Å². The fourth-order valence-corrected chi connectivity index (χ4v) is 2.29. The van der Waals surface area contributed by atoms with Crippen LogP contribution < -0.4 is 5.73 Å². The fraction of sp³-hybridized carbons (Fsp3) is 0.0769. The summed E-state index contributed by atoms with van der Waals surface area (Å²) in [5, 5.41) is 9.58. The molecule has 2 aromatic rings. The Kier molecular flexibility index (Phi) is 3.63. The normalized spacial score (nSPS) is 9.82. The monoisotopic (exact) mass is 241 g/mol. The van der Waals surface area contributed by atoms with Gasteiger partial charge in [-0.15, -0.1) is 0 Å². The van der Waals surface area contributed by atoms with E-state index < -0.39 is 0 Å². The van der Waals surface area contributed by atoms with Crippen molar-refractivity contribution in [2.45, 2.75) is 10.8 Å². The Morgan fingerprint density at radius 2 is 2.00 bits per heavy atom. The molecule has 0 aliphatic carbocycles. The zero-order valence-electron chi connectivity index (χ0n) is 9.13. The summed E-state index contributed by atoms with van der Waals surface area (Å²) in [6.45, 7) is 0. The Hall–Kier alpha value is -1.99. The maximum absolute atomic E-state index is 8.86. The van der Waals surface area contributed by atoms with Gasteiger partial charge >= 0.3 is 0 Å². The third kappa shape index (κ3) is 2.77. The molecule has 0 bridgehead atoms. The van der Waals surface area contributed by atoms with E-state index in [1.807, 2.05) is 18.2 Å². The highest BCUT2D eigenvalue weighted by molar-refractivity contribution is 7.98. The summed E-state index contributed by atoms with van der Waals surface area (Å²) in [7, 11) is 0. The summed E-state index contributed by atoms with van der Waals surface area (Å²) < 4.78 is 0. The number of nitriles is 1. The molecule has 2 rings (SSSR count). The number of rotatable bonds is 3. The lowest BCUT2D eigenvalue weighted by atomic mass is 10.2. The van der Waals surface area contributed by atoms with Crippen molar-refractivity contribution in [3.63, 3.8) is 0 Å². The first-order valence-electron chi connectivity index (χ1n) is 5.12. The lowest BCUT2D eigenvalue weighted by Crippen LogP contribution is -1.95. The highest BCUT2D eigenvalue weighted by atomic mass is 32.2. The van der Waals surface area contributed by atoms with Crippen molar-refractivity contribution >= 4 is 17.4 Å². The van der Waals surface area contributed by atoms with Crippen molar-refractivity contribution < 1.29 is 0 Å². The van der Waals surface area contributed by atoms with Crippen LogP contribution in [0.2, 0.25) is 0 Å². The quantitative estimate of drug-likeness (QED) is 0.839. The zero-order chi connectivity index (χ0) is 12.1. The molecule has 1 heterocycles. The lowest BCUT2D eigenvalue weighted by Gasteiger charge is -2.05. The predicted octanol–water partition coefficient (Wildman–Crippen LogP) is 2.83. The van der Waals surface area contributed by atoms with Crippen molar-refractivity contribution in [1.29, 1.82) is 5.26 Å². The van der Waals surface area contributed by atoms with Gasteiger partial charge < -0.3 is 5.73 Å². The molecular formula is C13H11N3S. The minimum Gasteiger partial charge on any atom is -0.395 e. The van der Waals surface area contributed by atoms with E-state index in [1.165, 1.54) is 5.56 Å². The van der Waals surface area contributed by atoms with Gasteiger partial charge in [-0.2, -0.15) is 5.26 Å². The Balaban J connectivity index is 2.13. The fourth-order valence-electron chi connectivity index (χ4n) is 1.39. The van der Waals surface area contributed by atoms with Crippen LogP contribution in [-0.2, 0) is 5.75 Å². The van der Waals surface area contributed by atoms with Gasteiger partial charge in [0.15, 0.2) is 0 Å². The van der Waals surface area contributed by atoms with Crippen LogP contribution in [0.5, 0.6) is 0 Å². The first-order chi connectivity index (χ1) is 8.31. The van der Waals surface area contributed by atoms with Crippen LogP contribution in [0.15, 0.2) is 47.6 Å². The van der Waals surface area contributed by atoms with E-state index >= 15 is 0 Å². The van der Waals surface area contributed by atoms with Crippen LogP contribution in [0.3, 0.4) is 0 Å². The topological polar surface area (TPSA) is 62.7 Å². The molecular weight excluding hydrogens is 230 g/mol. The number of benzene rings is 1. The van der Waals surface area contributed by atoms with Crippen LogP contribution in [0, 0.1) is 11.3 Å². The van der Waals surface area contributed by atoms with E-state index in [-0.39, 0.29) is 0 Å². The molecule has 0 saturated heterocycles. The maximum Gasteiger partial charge on any atom is 0.121 e. The summed E-state index contributed by atoms with van der Waals surface area (Å²) in [6, 6.07) is 13.8. The molecule has 0 amide bonds. The molecule has 1 aromatic heterocycles. The number of thioether (sulfide) groups is 1. The SMILES string of the molecule is N#Cc1ccnc(SCc2ccccc2)c1N. The molecule has 0 spiro atoms. The first kappa shape index (κ1) is 11.5. The molecule has 0 saturated carbocycles. The van der Waals surface area contributed by atoms with Crippen LogP contribution in [0.1, 0.15) is 11.1 Å². The predicted molar refractivity (Wildman–Crippen MR) is 69.4 cm³/mol. The Bertz CT molecular complexity index is 546. The van der Waals surface area contributed by atoms with Crippen LogP contribution >= 0.6 is 11.8 Å². The number of hydrogen-bond acceptors (Lipinski definition) is 4. The third-order valence-electron chi connectivity index (χ3n) is 2.29. The second-order valence-electron chi connectivity index (χ2n) is 3.46. The third-order valence-corrected chi connectivity index (χ3v) is 3.37. The van der Waals surface area contributed by atoms with Crippen LogP contribution in [-0.4, -0.2) is 4.98 Å². The minimum atomic E-state index is 0.468. The average Bonchev–Trinajstić information content (AvgIpc) is 2.39. The lowest BCUT2D eigenvalue weighted by molar-refractivity contribution is 1.13. The van der Waals surface area contributed by atoms with Gasteiger partial charge in [-0.3, -0.25) is 0 Å². The van der Waals surface area contributed by atoms with Gasteiger partial charge in [0.25, 0.3) is 0 Å². The second-order valence-corrected chi connectivity index (χ2v) is 4.43. The highest BCUT2D eigenvalue weighted by Gasteiger charge is 2.06. The Morgan fingerprint density at radius 1 is 1.24 bits per heavy atom. The zero-order valence-corrected chi connectivity index (χ0v) is 9.95. The van der Waals surface area contributed by atoms with E-state index in [2.05, 4.69) is 23.2 Å². The number of anilines is 1. The number of aromatic nitrogens is 1. The summed E-state index contributed by atoms with van der Waals surface area (Å²) >= 11 is 1.54. The maximum atomic E-state index is 8.86. The number of nitrogen functional groups attached to an aromatic ring is 1. The summed E-state index contributed by atoms with van der Waals surface area (Å²) in [6.07, 6.45) is 1.61. The largest absolute Gasteiger partial charge is 0.395 e. The van der Waals surface area contributed by atoms with Gasteiger partial charge in [0.2, 0.25) is 0 Å². The van der Waals surface area contributed by atoms with E-state index in [9.17, 15) is 0 Å². The summed E-state index contributed by atoms with van der Waals surface area (Å²) in [5.41, 5.74) is 8.01. The summed E-state index contributed by atoms with van der Waals surface area (Å²) in [5.74, 6) is 0.799. The number of nitrogens with zero attached hydrogens (tertiary/aromatic N) is 2. The molecule has 0 fully saturated rings. The average molecular weight is 241 g/mol. The number of pyridine rings is 1. The van der Waals surface area contributed by atoms with Gasteiger partial charge in [0, 0.05) is 11.9 Å². The van der Waals surface area contributed by atoms with Crippen molar-refractivity contribution in [1.82, 2.24) is 4.98 Å². The molecule has 4 heteroatoms. The van der Waals surface area contributed by atoms with E-state index in [0.717, 1.165) is 5.75 Å². The van der Waals surface area contributed by atoms with Crippen molar-refractivity contribution in [2.24, 2.45) is 0 Å². The second kappa shape index (κ2) is 5.37. The van der Waals surface area contributed by atoms with Gasteiger partial charge in [-0.25, -0.2) is 4.98 Å². The Labute approximate surface area is 104 Å². The molecule has 0 atom stereocenters. The van der Waals surface area contributed by atoms with Crippen LogP contribution in [0.25, 0.3) is 0 Å². The smallest absolute Gasteiger partial charge is 0.121 e. The molecule has 17 heavy (non-hydrogen) atoms. The molecule has 3 nitrogen and oxygen atoms in total. The molecule has 0 unspecified atom stereocenters. The minimum absolute atomic E-state index is 0.468. The van der Waals surface area contributed by atoms with Gasteiger partial charge in [-0.1, -0.05) is 42.1 Å². The first-order valence-corrected chi connectivity index (χ1v) is 6.11. The van der Waals surface area contributed by atoms with Gasteiger partial charge in [0.05, 0.1) is 11.3 Å². The highest BCUT2D eigenvalue weighted by Crippen LogP contribution is 2.27. The van der Waals surface area contributed by atoms with E-state index in [0.29, 0.717) is 16.3 Å². The van der Waals surface area contributed by atoms with E-state index in [1.54, 1.807) is 24.0 Å². The molecule has 2 N–H and O–H groups in total. The Morgan fingerprint density at radius 3 is 2.71 bits per heavy atom. The van der Waals surface area contributed by atoms with Gasteiger partial charge in [-0.05, 0) is 11.6 Å². The molecule has 0 aliphatic rings.